The number of hydrogen-bond acceptors (Lipinski definition) is 6. The van der Waals surface area contributed by atoms with E-state index in [1.165, 1.54) is 0 Å². The van der Waals surface area contributed by atoms with Crippen molar-refractivity contribution >= 4 is 12.1 Å². The summed E-state index contributed by atoms with van der Waals surface area (Å²) < 4.78 is 23.1. The first-order chi connectivity index (χ1) is 21.1. The molecule has 1 N–H and O–H groups in total. The summed E-state index contributed by atoms with van der Waals surface area (Å²) >= 11 is 0. The van der Waals surface area contributed by atoms with Gasteiger partial charge in [-0.25, -0.2) is 9.59 Å². The number of aryl methyl sites for hydroxylation is 1. The summed E-state index contributed by atoms with van der Waals surface area (Å²) in [5.41, 5.74) is 6.58. The van der Waals surface area contributed by atoms with Crippen LogP contribution in [0.15, 0.2) is 97.1 Å². The van der Waals surface area contributed by atoms with Gasteiger partial charge in [0.25, 0.3) is 0 Å². The van der Waals surface area contributed by atoms with Gasteiger partial charge in [0.1, 0.15) is 12.4 Å². The monoisotopic (exact) mass is 593 g/mol. The van der Waals surface area contributed by atoms with Gasteiger partial charge in [0, 0.05) is 5.92 Å². The highest BCUT2D eigenvalue weighted by atomic mass is 16.6. The smallest absolute Gasteiger partial charge is 0.407 e. The first-order valence-electron chi connectivity index (χ1n) is 14.8. The van der Waals surface area contributed by atoms with Crippen LogP contribution in [0, 0.1) is 6.92 Å². The second kappa shape index (κ2) is 13.3. The Bertz CT molecular complexity index is 1540. The summed E-state index contributed by atoms with van der Waals surface area (Å²) in [4.78, 5) is 26.9. The van der Waals surface area contributed by atoms with Crippen LogP contribution in [0.3, 0.4) is 0 Å². The minimum absolute atomic E-state index is 0.0875. The molecule has 2 atom stereocenters. The molecule has 228 valence electrons. The lowest BCUT2D eigenvalue weighted by Gasteiger charge is -2.26. The third-order valence-corrected chi connectivity index (χ3v) is 7.64. The molecular formula is C37H39NO6. The number of amides is 1. The molecule has 1 aliphatic rings. The van der Waals surface area contributed by atoms with Crippen LogP contribution in [-0.2, 0) is 19.0 Å². The van der Waals surface area contributed by atoms with Crippen LogP contribution >= 0.6 is 0 Å². The molecule has 0 aromatic heterocycles. The number of nitrogens with one attached hydrogen (secondary N) is 1. The van der Waals surface area contributed by atoms with Crippen LogP contribution in [0.25, 0.3) is 11.1 Å². The molecule has 5 rings (SSSR count). The molecule has 0 bridgehead atoms. The highest BCUT2D eigenvalue weighted by Gasteiger charge is 2.32. The first-order valence-corrected chi connectivity index (χ1v) is 14.8. The van der Waals surface area contributed by atoms with E-state index in [0.29, 0.717) is 5.75 Å². The maximum atomic E-state index is 13.7. The van der Waals surface area contributed by atoms with E-state index in [-0.39, 0.29) is 19.1 Å². The van der Waals surface area contributed by atoms with E-state index in [1.54, 1.807) is 7.11 Å². The standard InChI is InChI=1S/C37H39NO6/c1-24-14-16-25(17-15-24)34(26-18-20-27(41-5)21-19-26)44-35(39)33(23-43-37(2,3)4)38-36(40)42-22-32-30-12-8-6-10-28(30)29-11-7-9-13-31(29)32/h6-21,32-34H,22-23H2,1-5H3,(H,38,40)/t33-,34?/m0/s1. The minimum atomic E-state index is -1.10. The molecule has 0 radical (unpaired) electrons. The Balaban J connectivity index is 1.33. The molecular weight excluding hydrogens is 554 g/mol. The molecule has 4 aromatic rings. The lowest BCUT2D eigenvalue weighted by Crippen LogP contribution is -2.47. The molecule has 0 saturated heterocycles. The second-order valence-electron chi connectivity index (χ2n) is 11.9. The van der Waals surface area contributed by atoms with Crippen molar-refractivity contribution in [2.45, 2.75) is 51.4 Å². The van der Waals surface area contributed by atoms with Crippen molar-refractivity contribution in [3.05, 3.63) is 125 Å². The fraction of sp³-hybridized carbons (Fsp3) is 0.297. The van der Waals surface area contributed by atoms with Crippen LogP contribution < -0.4 is 10.1 Å². The summed E-state index contributed by atoms with van der Waals surface area (Å²) in [5, 5.41) is 2.72. The van der Waals surface area contributed by atoms with Crippen LogP contribution in [0.2, 0.25) is 0 Å². The number of esters is 1. The Morgan fingerprint density at radius 3 is 1.89 bits per heavy atom. The van der Waals surface area contributed by atoms with E-state index in [0.717, 1.165) is 38.9 Å². The Kier molecular flexibility index (Phi) is 9.35. The summed E-state index contributed by atoms with van der Waals surface area (Å²) in [6, 6.07) is 30.3. The number of benzene rings is 4. The van der Waals surface area contributed by atoms with Crippen molar-refractivity contribution < 1.29 is 28.5 Å². The number of methoxy groups -OCH3 is 1. The van der Waals surface area contributed by atoms with Crippen molar-refractivity contribution in [2.75, 3.05) is 20.3 Å². The zero-order chi connectivity index (χ0) is 31.3. The van der Waals surface area contributed by atoms with Crippen molar-refractivity contribution in [3.8, 4) is 16.9 Å². The summed E-state index contributed by atoms with van der Waals surface area (Å²) in [5.74, 6) is -0.0503. The van der Waals surface area contributed by atoms with Crippen molar-refractivity contribution in [1.29, 1.82) is 0 Å². The van der Waals surface area contributed by atoms with E-state index >= 15 is 0 Å². The van der Waals surface area contributed by atoms with Crippen LogP contribution in [0.5, 0.6) is 5.75 Å². The second-order valence-corrected chi connectivity index (χ2v) is 11.9. The van der Waals surface area contributed by atoms with Gasteiger partial charge in [0.15, 0.2) is 12.1 Å². The molecule has 4 aromatic carbocycles. The molecule has 1 aliphatic carbocycles. The summed E-state index contributed by atoms with van der Waals surface area (Å²) in [7, 11) is 1.60. The van der Waals surface area contributed by atoms with Gasteiger partial charge in [-0.15, -0.1) is 0 Å². The molecule has 0 spiro atoms. The first kappa shape index (κ1) is 30.8. The van der Waals surface area contributed by atoms with E-state index in [9.17, 15) is 9.59 Å². The summed E-state index contributed by atoms with van der Waals surface area (Å²) in [6.07, 6.45) is -1.43. The van der Waals surface area contributed by atoms with Gasteiger partial charge < -0.3 is 24.3 Å². The average molecular weight is 594 g/mol. The number of carbonyl (C=O) groups excluding carboxylic acids is 2. The number of rotatable bonds is 10. The molecule has 7 heteroatoms. The molecule has 0 heterocycles. The fourth-order valence-electron chi connectivity index (χ4n) is 5.33. The number of fused-ring (bicyclic) bond motifs is 3. The van der Waals surface area contributed by atoms with E-state index in [4.69, 9.17) is 18.9 Å². The minimum Gasteiger partial charge on any atom is -0.497 e. The van der Waals surface area contributed by atoms with Crippen LogP contribution in [0.1, 0.15) is 60.6 Å². The number of ether oxygens (including phenoxy) is 4. The Hall–Kier alpha value is -4.62. The Morgan fingerprint density at radius 1 is 0.795 bits per heavy atom. The van der Waals surface area contributed by atoms with Gasteiger partial charge in [-0.1, -0.05) is 90.5 Å². The van der Waals surface area contributed by atoms with E-state index < -0.39 is 29.8 Å². The zero-order valence-electron chi connectivity index (χ0n) is 25.8. The van der Waals surface area contributed by atoms with Gasteiger partial charge in [-0.3, -0.25) is 0 Å². The molecule has 0 saturated carbocycles. The maximum absolute atomic E-state index is 13.7. The van der Waals surface area contributed by atoms with Gasteiger partial charge in [-0.05, 0) is 73.2 Å². The van der Waals surface area contributed by atoms with Crippen LogP contribution in [-0.4, -0.2) is 44.0 Å². The van der Waals surface area contributed by atoms with E-state index in [2.05, 4.69) is 29.6 Å². The predicted octanol–water partition coefficient (Wildman–Crippen LogP) is 7.36. The molecule has 1 amide bonds. The molecule has 7 nitrogen and oxygen atoms in total. The van der Waals surface area contributed by atoms with Gasteiger partial charge in [0.2, 0.25) is 0 Å². The lowest BCUT2D eigenvalue weighted by atomic mass is 9.98. The molecule has 0 aliphatic heterocycles. The topological polar surface area (TPSA) is 83.1 Å². The van der Waals surface area contributed by atoms with Gasteiger partial charge in [-0.2, -0.15) is 0 Å². The van der Waals surface area contributed by atoms with Crippen LogP contribution in [0.4, 0.5) is 4.79 Å². The fourth-order valence-corrected chi connectivity index (χ4v) is 5.33. The van der Waals surface area contributed by atoms with Gasteiger partial charge >= 0.3 is 12.1 Å². The van der Waals surface area contributed by atoms with E-state index in [1.807, 2.05) is 100 Å². The average Bonchev–Trinajstić information content (AvgIpc) is 3.34. The molecule has 1 unspecified atom stereocenters. The third-order valence-electron chi connectivity index (χ3n) is 7.64. The molecule has 0 fully saturated rings. The quantitative estimate of drug-likeness (QED) is 0.194. The highest BCUT2D eigenvalue weighted by Crippen LogP contribution is 2.44. The van der Waals surface area contributed by atoms with Crippen molar-refractivity contribution in [3.63, 3.8) is 0 Å². The lowest BCUT2D eigenvalue weighted by molar-refractivity contribution is -0.153. The SMILES string of the molecule is COc1ccc(C(OC(=O)[C@H](COC(C)(C)C)NC(=O)OCC2c3ccccc3-c3ccccc32)c2ccc(C)cc2)cc1. The number of carbonyl (C=O) groups is 2. The van der Waals surface area contributed by atoms with Crippen molar-refractivity contribution in [1.82, 2.24) is 5.32 Å². The van der Waals surface area contributed by atoms with Gasteiger partial charge in [0.05, 0.1) is 19.3 Å². The Labute approximate surface area is 259 Å². The van der Waals surface area contributed by atoms with Crippen molar-refractivity contribution in [2.24, 2.45) is 0 Å². The highest BCUT2D eigenvalue weighted by molar-refractivity contribution is 5.82. The third kappa shape index (κ3) is 7.29. The number of alkyl carbamates (subject to hydrolysis) is 1. The summed E-state index contributed by atoms with van der Waals surface area (Å²) in [6.45, 7) is 7.69. The molecule has 44 heavy (non-hydrogen) atoms. The zero-order valence-corrected chi connectivity index (χ0v) is 25.8. The number of hydrogen-bond donors (Lipinski definition) is 1. The Morgan fingerprint density at radius 2 is 1.34 bits per heavy atom. The normalized spacial score (nSPS) is 13.8. The predicted molar refractivity (Wildman–Crippen MR) is 170 cm³/mol. The largest absolute Gasteiger partial charge is 0.497 e. The maximum Gasteiger partial charge on any atom is 0.407 e.